The van der Waals surface area contributed by atoms with Gasteiger partial charge in [0.15, 0.2) is 0 Å². The number of fused-ring (bicyclic) bond motifs is 1. The Morgan fingerprint density at radius 2 is 2.12 bits per heavy atom. The van der Waals surface area contributed by atoms with Crippen LogP contribution in [-0.4, -0.2) is 4.98 Å². The maximum atomic E-state index is 11.3. The summed E-state index contributed by atoms with van der Waals surface area (Å²) in [7, 11) is 0. The van der Waals surface area contributed by atoms with Crippen molar-refractivity contribution in [2.75, 3.05) is 0 Å². The number of nitrogens with one attached hydrogen (secondary N) is 1. The van der Waals surface area contributed by atoms with Crippen LogP contribution in [0.25, 0.3) is 10.2 Å². The van der Waals surface area contributed by atoms with Gasteiger partial charge in [-0.15, -0.1) is 0 Å². The SMILES string of the molecule is CCCCCCc1cccc2sc(=O)[nH]c12. The Morgan fingerprint density at radius 3 is 2.94 bits per heavy atom. The maximum absolute atomic E-state index is 11.3. The molecule has 0 atom stereocenters. The lowest BCUT2D eigenvalue weighted by molar-refractivity contribution is 0.668. The molecule has 0 spiro atoms. The molecule has 1 heterocycles. The molecule has 0 radical (unpaired) electrons. The van der Waals surface area contributed by atoms with Gasteiger partial charge in [0.2, 0.25) is 0 Å². The van der Waals surface area contributed by atoms with Gasteiger partial charge in [-0.25, -0.2) is 0 Å². The second kappa shape index (κ2) is 5.30. The zero-order valence-electron chi connectivity index (χ0n) is 9.58. The van der Waals surface area contributed by atoms with Crippen molar-refractivity contribution >= 4 is 21.6 Å². The van der Waals surface area contributed by atoms with Crippen LogP contribution in [0.3, 0.4) is 0 Å². The molecule has 0 aliphatic carbocycles. The third-order valence-electron chi connectivity index (χ3n) is 2.84. The molecule has 1 N–H and O–H groups in total. The third-order valence-corrected chi connectivity index (χ3v) is 3.69. The van der Waals surface area contributed by atoms with Gasteiger partial charge in [-0.3, -0.25) is 4.79 Å². The summed E-state index contributed by atoms with van der Waals surface area (Å²) in [5, 5.41) is 0. The molecule has 0 aliphatic rings. The fourth-order valence-electron chi connectivity index (χ4n) is 1.98. The Morgan fingerprint density at radius 1 is 1.25 bits per heavy atom. The second-order valence-electron chi connectivity index (χ2n) is 4.12. The van der Waals surface area contributed by atoms with Crippen molar-refractivity contribution in [3.8, 4) is 0 Å². The van der Waals surface area contributed by atoms with E-state index in [1.807, 2.05) is 12.1 Å². The third kappa shape index (κ3) is 2.53. The molecule has 0 aliphatic heterocycles. The number of rotatable bonds is 5. The molecule has 0 fully saturated rings. The number of thiazole rings is 1. The zero-order valence-corrected chi connectivity index (χ0v) is 10.4. The molecular weight excluding hydrogens is 218 g/mol. The first-order valence-corrected chi connectivity index (χ1v) is 6.73. The highest BCUT2D eigenvalue weighted by molar-refractivity contribution is 7.16. The number of hydrogen-bond acceptors (Lipinski definition) is 2. The molecular formula is C13H17NOS. The lowest BCUT2D eigenvalue weighted by Gasteiger charge is -2.02. The predicted molar refractivity (Wildman–Crippen MR) is 70.3 cm³/mol. The van der Waals surface area contributed by atoms with Crippen molar-refractivity contribution in [2.45, 2.75) is 39.0 Å². The minimum Gasteiger partial charge on any atom is -0.312 e. The lowest BCUT2D eigenvalue weighted by atomic mass is 10.1. The monoisotopic (exact) mass is 235 g/mol. The Labute approximate surface area is 99.3 Å². The number of aryl methyl sites for hydroxylation is 1. The van der Waals surface area contributed by atoms with E-state index in [4.69, 9.17) is 0 Å². The number of hydrogen-bond donors (Lipinski definition) is 1. The summed E-state index contributed by atoms with van der Waals surface area (Å²) in [5.41, 5.74) is 2.33. The number of benzene rings is 1. The van der Waals surface area contributed by atoms with Crippen molar-refractivity contribution in [1.82, 2.24) is 4.98 Å². The Kier molecular flexibility index (Phi) is 3.78. The maximum Gasteiger partial charge on any atom is 0.305 e. The van der Waals surface area contributed by atoms with Crippen molar-refractivity contribution in [3.05, 3.63) is 33.4 Å². The molecule has 16 heavy (non-hydrogen) atoms. The first-order chi connectivity index (χ1) is 7.81. The topological polar surface area (TPSA) is 32.9 Å². The summed E-state index contributed by atoms with van der Waals surface area (Å²) in [6.07, 6.45) is 6.13. The van der Waals surface area contributed by atoms with Gasteiger partial charge in [0.25, 0.3) is 0 Å². The van der Waals surface area contributed by atoms with Crippen LogP contribution in [0.2, 0.25) is 0 Å². The highest BCUT2D eigenvalue weighted by Gasteiger charge is 2.04. The van der Waals surface area contributed by atoms with Gasteiger partial charge in [-0.1, -0.05) is 49.7 Å². The molecule has 86 valence electrons. The molecule has 2 aromatic rings. The van der Waals surface area contributed by atoms with Gasteiger partial charge in [-0.2, -0.15) is 0 Å². The molecule has 0 unspecified atom stereocenters. The van der Waals surface area contributed by atoms with E-state index < -0.39 is 0 Å². The molecule has 0 amide bonds. The molecule has 0 bridgehead atoms. The smallest absolute Gasteiger partial charge is 0.305 e. The Bertz CT molecular complexity index is 512. The van der Waals surface area contributed by atoms with Crippen LogP contribution in [0.15, 0.2) is 23.0 Å². The van der Waals surface area contributed by atoms with Crippen LogP contribution in [-0.2, 0) is 6.42 Å². The molecule has 2 rings (SSSR count). The fraction of sp³-hybridized carbons (Fsp3) is 0.462. The minimum absolute atomic E-state index is 0.0519. The molecule has 1 aromatic carbocycles. The lowest BCUT2D eigenvalue weighted by Crippen LogP contribution is -1.93. The highest BCUT2D eigenvalue weighted by atomic mass is 32.1. The molecule has 1 aromatic heterocycles. The van der Waals surface area contributed by atoms with E-state index in [2.05, 4.69) is 18.0 Å². The average molecular weight is 235 g/mol. The number of para-hydroxylation sites is 1. The first kappa shape index (κ1) is 11.4. The van der Waals surface area contributed by atoms with E-state index in [1.165, 1.54) is 42.6 Å². The summed E-state index contributed by atoms with van der Waals surface area (Å²) in [4.78, 5) is 14.3. The van der Waals surface area contributed by atoms with E-state index in [0.717, 1.165) is 16.6 Å². The van der Waals surface area contributed by atoms with Crippen molar-refractivity contribution in [2.24, 2.45) is 0 Å². The largest absolute Gasteiger partial charge is 0.312 e. The predicted octanol–water partition coefficient (Wildman–Crippen LogP) is 3.71. The van der Waals surface area contributed by atoms with E-state index in [0.29, 0.717) is 0 Å². The summed E-state index contributed by atoms with van der Waals surface area (Å²) in [6, 6.07) is 6.17. The summed E-state index contributed by atoms with van der Waals surface area (Å²) in [5.74, 6) is 0. The second-order valence-corrected chi connectivity index (χ2v) is 5.13. The quantitative estimate of drug-likeness (QED) is 0.787. The average Bonchev–Trinajstić information content (AvgIpc) is 2.65. The summed E-state index contributed by atoms with van der Waals surface area (Å²) in [6.45, 7) is 2.22. The van der Waals surface area contributed by atoms with E-state index >= 15 is 0 Å². The van der Waals surface area contributed by atoms with Crippen LogP contribution in [0.5, 0.6) is 0 Å². The summed E-state index contributed by atoms with van der Waals surface area (Å²) < 4.78 is 1.08. The van der Waals surface area contributed by atoms with Crippen LogP contribution < -0.4 is 4.87 Å². The standard InChI is InChI=1S/C13H17NOS/c1-2-3-4-5-7-10-8-6-9-11-12(10)14-13(15)16-11/h6,8-9H,2-5,7H2,1H3,(H,14,15). The number of unbranched alkanes of at least 4 members (excludes halogenated alkanes) is 3. The Balaban J connectivity index is 2.14. The number of H-pyrrole nitrogens is 1. The Hall–Kier alpha value is -1.09. The van der Waals surface area contributed by atoms with Crippen LogP contribution in [0, 0.1) is 0 Å². The van der Waals surface area contributed by atoms with Crippen molar-refractivity contribution in [1.29, 1.82) is 0 Å². The molecule has 3 heteroatoms. The van der Waals surface area contributed by atoms with Gasteiger partial charge in [0.1, 0.15) is 0 Å². The zero-order chi connectivity index (χ0) is 11.4. The van der Waals surface area contributed by atoms with Gasteiger partial charge in [-0.05, 0) is 24.5 Å². The highest BCUT2D eigenvalue weighted by Crippen LogP contribution is 2.20. The first-order valence-electron chi connectivity index (χ1n) is 5.92. The van der Waals surface area contributed by atoms with E-state index in [9.17, 15) is 4.79 Å². The van der Waals surface area contributed by atoms with Crippen LogP contribution in [0.4, 0.5) is 0 Å². The van der Waals surface area contributed by atoms with E-state index in [-0.39, 0.29) is 4.87 Å². The molecule has 2 nitrogen and oxygen atoms in total. The van der Waals surface area contributed by atoms with Gasteiger partial charge >= 0.3 is 4.87 Å². The normalized spacial score (nSPS) is 11.1. The van der Waals surface area contributed by atoms with Gasteiger partial charge < -0.3 is 4.98 Å². The van der Waals surface area contributed by atoms with E-state index in [1.54, 1.807) is 0 Å². The van der Waals surface area contributed by atoms with Gasteiger partial charge in [0.05, 0.1) is 10.2 Å². The van der Waals surface area contributed by atoms with Gasteiger partial charge in [0, 0.05) is 0 Å². The summed E-state index contributed by atoms with van der Waals surface area (Å²) >= 11 is 1.30. The minimum atomic E-state index is 0.0519. The number of aromatic nitrogens is 1. The number of aromatic amines is 1. The fourth-order valence-corrected chi connectivity index (χ4v) is 2.77. The van der Waals surface area contributed by atoms with Crippen LogP contribution >= 0.6 is 11.3 Å². The molecule has 0 saturated carbocycles. The van der Waals surface area contributed by atoms with Crippen LogP contribution in [0.1, 0.15) is 38.2 Å². The van der Waals surface area contributed by atoms with Crippen molar-refractivity contribution < 1.29 is 0 Å². The van der Waals surface area contributed by atoms with Crippen molar-refractivity contribution in [3.63, 3.8) is 0 Å². The molecule has 0 saturated heterocycles.